The Bertz CT molecular complexity index is 415. The highest BCUT2D eigenvalue weighted by Gasteiger charge is 2.09. The average molecular weight is 256 g/mol. The van der Waals surface area contributed by atoms with E-state index in [1.54, 1.807) is 6.07 Å². The summed E-state index contributed by atoms with van der Waals surface area (Å²) in [6.45, 7) is 2.40. The van der Waals surface area contributed by atoms with E-state index in [-0.39, 0.29) is 11.7 Å². The molecule has 1 rings (SSSR count). The van der Waals surface area contributed by atoms with E-state index in [2.05, 4.69) is 5.32 Å². The summed E-state index contributed by atoms with van der Waals surface area (Å²) in [7, 11) is 1.84. The van der Waals surface area contributed by atoms with Gasteiger partial charge in [-0.2, -0.15) is 0 Å². The maximum atomic E-state index is 11.7. The molecule has 0 atom stereocenters. The number of aromatic nitrogens is 1. The Kier molecular flexibility index (Phi) is 5.09. The normalized spacial score (nSPS) is 10.2. The Hall–Kier alpha value is -1.43. The van der Waals surface area contributed by atoms with Crippen LogP contribution in [0.5, 0.6) is 0 Å². The lowest BCUT2D eigenvalue weighted by molar-refractivity contribution is -0.133. The Labute approximate surface area is 104 Å². The van der Waals surface area contributed by atoms with Crippen LogP contribution < -0.4 is 5.32 Å². The predicted molar refractivity (Wildman–Crippen MR) is 67.4 cm³/mol. The average Bonchev–Trinajstić information content (AvgIpc) is 2.59. The van der Waals surface area contributed by atoms with Gasteiger partial charge >= 0.3 is 5.97 Å². The first kappa shape index (κ1) is 13.6. The molecule has 5 nitrogen and oxygen atoms in total. The Morgan fingerprint density at radius 1 is 1.47 bits per heavy atom. The van der Waals surface area contributed by atoms with Crippen molar-refractivity contribution in [2.24, 2.45) is 7.05 Å². The summed E-state index contributed by atoms with van der Waals surface area (Å²) in [6.07, 6.45) is 0. The first-order valence-corrected chi connectivity index (χ1v) is 6.38. The zero-order valence-electron chi connectivity index (χ0n) is 9.90. The Morgan fingerprint density at radius 2 is 2.18 bits per heavy atom. The largest absolute Gasteiger partial charge is 0.481 e. The summed E-state index contributed by atoms with van der Waals surface area (Å²) in [5.41, 5.74) is 1.64. The molecule has 0 aliphatic carbocycles. The number of hydrogen-bond donors (Lipinski definition) is 2. The fourth-order valence-electron chi connectivity index (χ4n) is 1.33. The second-order valence-corrected chi connectivity index (χ2v) is 4.73. The fraction of sp³-hybridized carbons (Fsp3) is 0.455. The monoisotopic (exact) mass is 256 g/mol. The number of aryl methyl sites for hydroxylation is 1. The molecule has 0 fully saturated rings. The maximum absolute atomic E-state index is 11.7. The van der Waals surface area contributed by atoms with Crippen LogP contribution in [0.2, 0.25) is 0 Å². The summed E-state index contributed by atoms with van der Waals surface area (Å²) in [4.78, 5) is 22.0. The van der Waals surface area contributed by atoms with Crippen LogP contribution in [0.3, 0.4) is 0 Å². The second kappa shape index (κ2) is 6.34. The molecular formula is C11H16N2O3S. The molecule has 2 N–H and O–H groups in total. The molecule has 0 aromatic carbocycles. The summed E-state index contributed by atoms with van der Waals surface area (Å²) in [6, 6.07) is 3.66. The number of nitrogens with one attached hydrogen (secondary N) is 1. The lowest BCUT2D eigenvalue weighted by atomic mass is 10.4. The van der Waals surface area contributed by atoms with Crippen LogP contribution >= 0.6 is 11.8 Å². The van der Waals surface area contributed by atoms with Gasteiger partial charge in [0.25, 0.3) is 5.91 Å². The molecule has 0 aliphatic rings. The summed E-state index contributed by atoms with van der Waals surface area (Å²) in [5.74, 6) is -0.295. The number of carboxylic acid groups (broad SMARTS) is 1. The fourth-order valence-corrected chi connectivity index (χ4v) is 1.89. The molecule has 17 heavy (non-hydrogen) atoms. The lowest BCUT2D eigenvalue weighted by Gasteiger charge is -2.06. The van der Waals surface area contributed by atoms with E-state index >= 15 is 0 Å². The van der Waals surface area contributed by atoms with Crippen LogP contribution in [0, 0.1) is 6.92 Å². The molecule has 0 aliphatic heterocycles. The van der Waals surface area contributed by atoms with Gasteiger partial charge in [-0.15, -0.1) is 11.8 Å². The number of hydrogen-bond acceptors (Lipinski definition) is 3. The number of nitrogens with zero attached hydrogens (tertiary/aromatic N) is 1. The van der Waals surface area contributed by atoms with Gasteiger partial charge in [0.15, 0.2) is 0 Å². The van der Waals surface area contributed by atoms with Crippen LogP contribution in [0.15, 0.2) is 12.1 Å². The number of rotatable bonds is 6. The SMILES string of the molecule is Cc1ccc(C(=O)NCCSCC(=O)O)n1C. The van der Waals surface area contributed by atoms with E-state index < -0.39 is 5.97 Å². The van der Waals surface area contributed by atoms with Crippen LogP contribution in [0.1, 0.15) is 16.2 Å². The number of carboxylic acids is 1. The molecule has 1 aromatic heterocycles. The molecule has 0 saturated carbocycles. The first-order valence-electron chi connectivity index (χ1n) is 5.22. The second-order valence-electron chi connectivity index (χ2n) is 3.62. The lowest BCUT2D eigenvalue weighted by Crippen LogP contribution is -2.27. The van der Waals surface area contributed by atoms with Crippen molar-refractivity contribution in [2.45, 2.75) is 6.92 Å². The number of aliphatic carboxylic acids is 1. The molecule has 0 bridgehead atoms. The molecule has 0 radical (unpaired) electrons. The quantitative estimate of drug-likeness (QED) is 0.741. The van der Waals surface area contributed by atoms with Crippen molar-refractivity contribution in [1.82, 2.24) is 9.88 Å². The third kappa shape index (κ3) is 4.14. The van der Waals surface area contributed by atoms with Gasteiger partial charge in [0.05, 0.1) is 5.75 Å². The molecule has 6 heteroatoms. The molecule has 0 spiro atoms. The van der Waals surface area contributed by atoms with Crippen molar-refractivity contribution < 1.29 is 14.7 Å². The zero-order valence-corrected chi connectivity index (χ0v) is 10.7. The Morgan fingerprint density at radius 3 is 2.71 bits per heavy atom. The smallest absolute Gasteiger partial charge is 0.313 e. The number of carbonyl (C=O) groups excluding carboxylic acids is 1. The van der Waals surface area contributed by atoms with Crippen LogP contribution in [0.4, 0.5) is 0 Å². The van der Waals surface area contributed by atoms with Gasteiger partial charge in [-0.1, -0.05) is 0 Å². The number of thioether (sulfide) groups is 1. The van der Waals surface area contributed by atoms with Crippen LogP contribution in [-0.4, -0.2) is 39.6 Å². The summed E-state index contributed by atoms with van der Waals surface area (Å²) < 4.78 is 1.82. The highest BCUT2D eigenvalue weighted by atomic mass is 32.2. The molecular weight excluding hydrogens is 240 g/mol. The highest BCUT2D eigenvalue weighted by Crippen LogP contribution is 2.05. The standard InChI is InChI=1S/C11H16N2O3S/c1-8-3-4-9(13(8)2)11(16)12-5-6-17-7-10(14)15/h3-4H,5-7H2,1-2H3,(H,12,16)(H,14,15). The topological polar surface area (TPSA) is 71.3 Å². The molecule has 1 amide bonds. The molecule has 1 heterocycles. The minimum Gasteiger partial charge on any atom is -0.481 e. The van der Waals surface area contributed by atoms with Crippen molar-refractivity contribution >= 4 is 23.6 Å². The van der Waals surface area contributed by atoms with Gasteiger partial charge in [0.1, 0.15) is 5.69 Å². The van der Waals surface area contributed by atoms with E-state index in [4.69, 9.17) is 5.11 Å². The van der Waals surface area contributed by atoms with Gasteiger partial charge in [-0.25, -0.2) is 0 Å². The zero-order chi connectivity index (χ0) is 12.8. The van der Waals surface area contributed by atoms with Crippen molar-refractivity contribution in [1.29, 1.82) is 0 Å². The van der Waals surface area contributed by atoms with Gasteiger partial charge in [0, 0.05) is 25.0 Å². The highest BCUT2D eigenvalue weighted by molar-refractivity contribution is 7.99. The van der Waals surface area contributed by atoms with E-state index in [0.717, 1.165) is 5.69 Å². The minimum absolute atomic E-state index is 0.0686. The van der Waals surface area contributed by atoms with Crippen LogP contribution in [-0.2, 0) is 11.8 Å². The van der Waals surface area contributed by atoms with E-state index in [0.29, 0.717) is 18.0 Å². The third-order valence-electron chi connectivity index (χ3n) is 2.36. The summed E-state index contributed by atoms with van der Waals surface area (Å²) >= 11 is 1.29. The Balaban J connectivity index is 2.31. The maximum Gasteiger partial charge on any atom is 0.313 e. The minimum atomic E-state index is -0.834. The van der Waals surface area contributed by atoms with Gasteiger partial charge in [0.2, 0.25) is 0 Å². The molecule has 94 valence electrons. The van der Waals surface area contributed by atoms with Crippen molar-refractivity contribution in [3.05, 3.63) is 23.5 Å². The van der Waals surface area contributed by atoms with E-state index in [9.17, 15) is 9.59 Å². The van der Waals surface area contributed by atoms with E-state index in [1.165, 1.54) is 11.8 Å². The summed E-state index contributed by atoms with van der Waals surface area (Å²) in [5, 5.41) is 11.2. The van der Waals surface area contributed by atoms with Gasteiger partial charge in [-0.3, -0.25) is 9.59 Å². The molecule has 1 aromatic rings. The number of amides is 1. The number of carbonyl (C=O) groups is 2. The first-order chi connectivity index (χ1) is 8.02. The molecule has 0 unspecified atom stereocenters. The van der Waals surface area contributed by atoms with Crippen molar-refractivity contribution in [3.63, 3.8) is 0 Å². The van der Waals surface area contributed by atoms with E-state index in [1.807, 2.05) is 24.6 Å². The molecule has 0 saturated heterocycles. The van der Waals surface area contributed by atoms with Crippen LogP contribution in [0.25, 0.3) is 0 Å². The van der Waals surface area contributed by atoms with Gasteiger partial charge in [-0.05, 0) is 19.1 Å². The van der Waals surface area contributed by atoms with Crippen molar-refractivity contribution in [3.8, 4) is 0 Å². The van der Waals surface area contributed by atoms with Gasteiger partial charge < -0.3 is 15.0 Å². The predicted octanol–water partition coefficient (Wildman–Crippen LogP) is 0.881. The van der Waals surface area contributed by atoms with Crippen molar-refractivity contribution in [2.75, 3.05) is 18.1 Å². The third-order valence-corrected chi connectivity index (χ3v) is 3.31.